The summed E-state index contributed by atoms with van der Waals surface area (Å²) >= 11 is 0. The summed E-state index contributed by atoms with van der Waals surface area (Å²) in [5.74, 6) is -0.695. The molecule has 1 aromatic rings. The molecule has 1 aliphatic rings. The van der Waals surface area contributed by atoms with Gasteiger partial charge in [-0.1, -0.05) is 6.07 Å². The van der Waals surface area contributed by atoms with Gasteiger partial charge in [0, 0.05) is 11.3 Å². The Morgan fingerprint density at radius 3 is 2.93 bits per heavy atom. The number of nitrogens with two attached hydrogens (primary N) is 1. The zero-order valence-corrected chi connectivity index (χ0v) is 8.11. The zero-order chi connectivity index (χ0) is 11.0. The van der Waals surface area contributed by atoms with E-state index in [1.54, 1.807) is 18.2 Å². The molecule has 2 rings (SSSR count). The standard InChI is InChI=1S/C10H10N2O3/c1-15-10(14)5-2-3-6-7(4-5)12-9(13)8(6)11/h2-4,8H,11H2,1H3,(H,12,13). The normalized spacial score (nSPS) is 18.3. The van der Waals surface area contributed by atoms with Crippen molar-refractivity contribution in [2.75, 3.05) is 12.4 Å². The predicted octanol–water partition coefficient (Wildman–Crippen LogP) is 0.425. The molecule has 5 nitrogen and oxygen atoms in total. The van der Waals surface area contributed by atoms with E-state index < -0.39 is 12.0 Å². The van der Waals surface area contributed by atoms with Crippen molar-refractivity contribution in [1.29, 1.82) is 0 Å². The largest absolute Gasteiger partial charge is 0.465 e. The molecule has 5 heteroatoms. The van der Waals surface area contributed by atoms with Crippen LogP contribution in [0.3, 0.4) is 0 Å². The maximum atomic E-state index is 11.2. The van der Waals surface area contributed by atoms with Gasteiger partial charge < -0.3 is 15.8 Å². The Labute approximate surface area is 86.2 Å². The first kappa shape index (κ1) is 9.67. The van der Waals surface area contributed by atoms with Gasteiger partial charge in [-0.2, -0.15) is 0 Å². The van der Waals surface area contributed by atoms with Crippen molar-refractivity contribution in [2.45, 2.75) is 6.04 Å². The summed E-state index contributed by atoms with van der Waals surface area (Å²) in [6, 6.07) is 4.16. The molecule has 0 saturated heterocycles. The number of hydrogen-bond acceptors (Lipinski definition) is 4. The Bertz CT molecular complexity index is 442. The zero-order valence-electron chi connectivity index (χ0n) is 8.11. The first-order valence-corrected chi connectivity index (χ1v) is 4.42. The minimum atomic E-state index is -0.647. The maximum Gasteiger partial charge on any atom is 0.337 e. The lowest BCUT2D eigenvalue weighted by atomic mass is 10.1. The number of anilines is 1. The molecular weight excluding hydrogens is 196 g/mol. The third-order valence-corrected chi connectivity index (χ3v) is 2.35. The van der Waals surface area contributed by atoms with Gasteiger partial charge >= 0.3 is 5.97 Å². The minimum absolute atomic E-state index is 0.257. The number of ether oxygens (including phenoxy) is 1. The van der Waals surface area contributed by atoms with Gasteiger partial charge in [0.1, 0.15) is 6.04 Å². The number of carbonyl (C=O) groups is 2. The molecule has 78 valence electrons. The van der Waals surface area contributed by atoms with Gasteiger partial charge in [-0.3, -0.25) is 4.79 Å². The summed E-state index contributed by atoms with van der Waals surface area (Å²) in [7, 11) is 1.31. The molecule has 0 aliphatic carbocycles. The molecule has 1 heterocycles. The first-order chi connectivity index (χ1) is 7.13. The van der Waals surface area contributed by atoms with E-state index in [4.69, 9.17) is 5.73 Å². The van der Waals surface area contributed by atoms with Crippen molar-refractivity contribution >= 4 is 17.6 Å². The molecule has 1 amide bonds. The number of fused-ring (bicyclic) bond motifs is 1. The summed E-state index contributed by atoms with van der Waals surface area (Å²) in [5.41, 5.74) is 7.30. The number of benzene rings is 1. The van der Waals surface area contributed by atoms with Crippen LogP contribution in [0.1, 0.15) is 22.0 Å². The van der Waals surface area contributed by atoms with E-state index in [0.717, 1.165) is 0 Å². The van der Waals surface area contributed by atoms with E-state index in [1.165, 1.54) is 7.11 Å². The Morgan fingerprint density at radius 1 is 1.53 bits per heavy atom. The van der Waals surface area contributed by atoms with E-state index in [2.05, 4.69) is 10.1 Å². The fourth-order valence-corrected chi connectivity index (χ4v) is 1.53. The summed E-state index contributed by atoms with van der Waals surface area (Å²) in [6.45, 7) is 0. The molecule has 0 fully saturated rings. The molecule has 0 saturated carbocycles. The van der Waals surface area contributed by atoms with Crippen molar-refractivity contribution < 1.29 is 14.3 Å². The summed E-state index contributed by atoms with van der Waals surface area (Å²) < 4.78 is 4.57. The lowest BCUT2D eigenvalue weighted by Crippen LogP contribution is -2.19. The SMILES string of the molecule is COC(=O)c1ccc2c(c1)NC(=O)C2N. The minimum Gasteiger partial charge on any atom is -0.465 e. The average Bonchev–Trinajstić information content (AvgIpc) is 2.53. The second-order valence-corrected chi connectivity index (χ2v) is 3.26. The number of rotatable bonds is 1. The smallest absolute Gasteiger partial charge is 0.337 e. The van der Waals surface area contributed by atoms with Crippen LogP contribution >= 0.6 is 0 Å². The van der Waals surface area contributed by atoms with Crippen molar-refractivity contribution in [2.24, 2.45) is 5.73 Å². The summed E-state index contributed by atoms with van der Waals surface area (Å²) in [6.07, 6.45) is 0. The number of methoxy groups -OCH3 is 1. The Kier molecular flexibility index (Phi) is 2.17. The fourth-order valence-electron chi connectivity index (χ4n) is 1.53. The Hall–Kier alpha value is -1.88. The van der Waals surface area contributed by atoms with Crippen LogP contribution < -0.4 is 11.1 Å². The van der Waals surface area contributed by atoms with Crippen molar-refractivity contribution in [1.82, 2.24) is 0 Å². The van der Waals surface area contributed by atoms with Crippen LogP contribution in [0, 0.1) is 0 Å². The molecule has 1 unspecified atom stereocenters. The van der Waals surface area contributed by atoms with Gasteiger partial charge in [-0.05, 0) is 12.1 Å². The molecule has 15 heavy (non-hydrogen) atoms. The lowest BCUT2D eigenvalue weighted by molar-refractivity contribution is -0.116. The number of carbonyl (C=O) groups excluding carboxylic acids is 2. The molecule has 1 atom stereocenters. The monoisotopic (exact) mass is 206 g/mol. The Morgan fingerprint density at radius 2 is 2.27 bits per heavy atom. The van der Waals surface area contributed by atoms with Crippen molar-refractivity contribution in [3.8, 4) is 0 Å². The van der Waals surface area contributed by atoms with Gasteiger partial charge in [0.05, 0.1) is 12.7 Å². The molecule has 1 aromatic carbocycles. The quantitative estimate of drug-likeness (QED) is 0.652. The van der Waals surface area contributed by atoms with Crippen LogP contribution in [0.25, 0.3) is 0 Å². The number of amides is 1. The molecule has 0 spiro atoms. The highest BCUT2D eigenvalue weighted by molar-refractivity contribution is 6.04. The van der Waals surface area contributed by atoms with Crippen LogP contribution in [0.15, 0.2) is 18.2 Å². The number of esters is 1. The summed E-state index contributed by atoms with van der Waals surface area (Å²) in [5, 5.41) is 2.59. The van der Waals surface area contributed by atoms with Gasteiger partial charge in [0.2, 0.25) is 5.91 Å². The predicted molar refractivity (Wildman–Crippen MR) is 53.3 cm³/mol. The van der Waals surface area contributed by atoms with Gasteiger partial charge in [0.25, 0.3) is 0 Å². The van der Waals surface area contributed by atoms with Gasteiger partial charge in [0.15, 0.2) is 0 Å². The highest BCUT2D eigenvalue weighted by atomic mass is 16.5. The van der Waals surface area contributed by atoms with E-state index in [1.807, 2.05) is 0 Å². The molecule has 3 N–H and O–H groups in total. The van der Waals surface area contributed by atoms with Crippen LogP contribution in [0.5, 0.6) is 0 Å². The summed E-state index contributed by atoms with van der Waals surface area (Å²) in [4.78, 5) is 22.4. The Balaban J connectivity index is 2.42. The molecule has 0 radical (unpaired) electrons. The average molecular weight is 206 g/mol. The number of hydrogen-bond donors (Lipinski definition) is 2. The maximum absolute atomic E-state index is 11.2. The number of nitrogens with one attached hydrogen (secondary N) is 1. The van der Waals surface area contributed by atoms with Crippen molar-refractivity contribution in [3.05, 3.63) is 29.3 Å². The van der Waals surface area contributed by atoms with Crippen LogP contribution in [-0.4, -0.2) is 19.0 Å². The van der Waals surface area contributed by atoms with E-state index in [9.17, 15) is 9.59 Å². The highest BCUT2D eigenvalue weighted by Crippen LogP contribution is 2.29. The molecular formula is C10H10N2O3. The van der Waals surface area contributed by atoms with E-state index in [0.29, 0.717) is 16.8 Å². The first-order valence-electron chi connectivity index (χ1n) is 4.42. The fraction of sp³-hybridized carbons (Fsp3) is 0.200. The third kappa shape index (κ3) is 1.46. The van der Waals surface area contributed by atoms with E-state index in [-0.39, 0.29) is 5.91 Å². The van der Waals surface area contributed by atoms with Crippen molar-refractivity contribution in [3.63, 3.8) is 0 Å². The van der Waals surface area contributed by atoms with Crippen LogP contribution in [0.4, 0.5) is 5.69 Å². The second-order valence-electron chi connectivity index (χ2n) is 3.26. The van der Waals surface area contributed by atoms with E-state index >= 15 is 0 Å². The molecule has 0 aromatic heterocycles. The second kappa shape index (κ2) is 3.36. The molecule has 1 aliphatic heterocycles. The highest BCUT2D eigenvalue weighted by Gasteiger charge is 2.27. The van der Waals surface area contributed by atoms with Crippen LogP contribution in [0.2, 0.25) is 0 Å². The molecule has 0 bridgehead atoms. The van der Waals surface area contributed by atoms with Gasteiger partial charge in [-0.15, -0.1) is 0 Å². The third-order valence-electron chi connectivity index (χ3n) is 2.35. The van der Waals surface area contributed by atoms with Crippen LogP contribution in [-0.2, 0) is 9.53 Å². The van der Waals surface area contributed by atoms with Gasteiger partial charge in [-0.25, -0.2) is 4.79 Å². The topological polar surface area (TPSA) is 81.4 Å². The lowest BCUT2D eigenvalue weighted by Gasteiger charge is -2.03.